The van der Waals surface area contributed by atoms with E-state index in [4.69, 9.17) is 9.47 Å². The molecule has 1 amide bonds. The number of ether oxygens (including phenoxy) is 2. The lowest BCUT2D eigenvalue weighted by Gasteiger charge is -2.61. The monoisotopic (exact) mass is 601 g/mol. The van der Waals surface area contributed by atoms with Crippen LogP contribution in [0.5, 0.6) is 0 Å². The maximum Gasteiger partial charge on any atom is 0.259 e. The highest BCUT2D eigenvalue weighted by molar-refractivity contribution is 6.20. The summed E-state index contributed by atoms with van der Waals surface area (Å²) in [5, 5.41) is 1.29. The van der Waals surface area contributed by atoms with Crippen molar-refractivity contribution in [2.75, 3.05) is 26.3 Å². The number of hydrogen-bond donors (Lipinski definition) is 1. The lowest BCUT2D eigenvalue weighted by Crippen LogP contribution is -2.71. The number of carbonyl (C=O) groups excluding carboxylic acids is 2. The summed E-state index contributed by atoms with van der Waals surface area (Å²) in [7, 11) is 0. The number of rotatable bonds is 2. The first-order valence-corrected chi connectivity index (χ1v) is 17.3. The molecule has 10 unspecified atom stereocenters. The van der Waals surface area contributed by atoms with E-state index in [9.17, 15) is 9.59 Å². The van der Waals surface area contributed by atoms with Crippen LogP contribution in [0.25, 0.3) is 10.9 Å². The maximum absolute atomic E-state index is 16.7. The molecule has 10 atom stereocenters. The van der Waals surface area contributed by atoms with Gasteiger partial charge >= 0.3 is 0 Å². The second-order valence-electron chi connectivity index (χ2n) is 14.8. The number of Topliss-reactive ketones (excluding diaryl/α,β-unsaturated/α-hetero) is 1. The molecule has 2 saturated heterocycles. The van der Waals surface area contributed by atoms with Crippen LogP contribution >= 0.6 is 0 Å². The number of nitrogens with one attached hydrogen (secondary N) is 1. The zero-order chi connectivity index (χ0) is 29.5. The van der Waals surface area contributed by atoms with Crippen molar-refractivity contribution < 1.29 is 23.5 Å². The van der Waals surface area contributed by atoms with Gasteiger partial charge < -0.3 is 24.3 Å². The Kier molecular flexibility index (Phi) is 6.70. The number of ketones is 1. The Morgan fingerprint density at radius 3 is 2.61 bits per heavy atom. The van der Waals surface area contributed by atoms with Crippen molar-refractivity contribution in [3.05, 3.63) is 47.3 Å². The number of morpholine rings is 2. The predicted octanol–water partition coefficient (Wildman–Crippen LogP) is 4.98. The Morgan fingerprint density at radius 1 is 0.977 bits per heavy atom. The Labute approximate surface area is 258 Å². The van der Waals surface area contributed by atoms with Gasteiger partial charge in [0.2, 0.25) is 0 Å². The van der Waals surface area contributed by atoms with Crippen LogP contribution < -0.4 is 0 Å². The minimum absolute atomic E-state index is 0.0143. The molecule has 5 fully saturated rings. The third kappa shape index (κ3) is 4.26. The Balaban J connectivity index is 1.08. The van der Waals surface area contributed by atoms with Crippen LogP contribution in [0, 0.1) is 29.6 Å². The highest BCUT2D eigenvalue weighted by Gasteiger charge is 2.61. The standard InChI is InChI=1S/C36H44FN3O4/c37-27-18-25-33-35(32(27)22-9-10-24-23-7-3-4-8-28(23)38-29(24)15-22)44-31-17-21-6-2-1-5-20(21)16-30(31)40(33)19-26(34(25)41)36(42)39-11-13-43-14-12-39/h3-4,7-8,19-22,25,27,30-33,35,38H,1-2,5-6,9-18H2. The van der Waals surface area contributed by atoms with Crippen molar-refractivity contribution in [2.24, 2.45) is 29.6 Å². The van der Waals surface area contributed by atoms with Crippen molar-refractivity contribution in [1.29, 1.82) is 0 Å². The molecule has 44 heavy (non-hydrogen) atoms. The summed E-state index contributed by atoms with van der Waals surface area (Å²) < 4.78 is 29.3. The molecular formula is C36H44FN3O4. The number of halogens is 1. The molecule has 1 aromatic carbocycles. The predicted molar refractivity (Wildman–Crippen MR) is 164 cm³/mol. The number of benzene rings is 1. The largest absolute Gasteiger partial charge is 0.378 e. The van der Waals surface area contributed by atoms with Crippen molar-refractivity contribution in [2.45, 2.75) is 94.7 Å². The van der Waals surface area contributed by atoms with E-state index in [1.807, 2.05) is 6.20 Å². The molecule has 1 N–H and O–H groups in total. The van der Waals surface area contributed by atoms with E-state index in [0.29, 0.717) is 38.1 Å². The van der Waals surface area contributed by atoms with E-state index < -0.39 is 12.1 Å². The molecule has 0 bridgehead atoms. The Morgan fingerprint density at radius 2 is 1.77 bits per heavy atom. The van der Waals surface area contributed by atoms with Gasteiger partial charge in [-0.05, 0) is 67.9 Å². The zero-order valence-electron chi connectivity index (χ0n) is 25.5. The minimum atomic E-state index is -1.14. The number of aromatic nitrogens is 1. The molecule has 2 aromatic rings. The second-order valence-corrected chi connectivity index (χ2v) is 14.8. The number of amides is 1. The van der Waals surface area contributed by atoms with Crippen LogP contribution in [0.1, 0.15) is 62.6 Å². The molecule has 7 nitrogen and oxygen atoms in total. The van der Waals surface area contributed by atoms with Gasteiger partial charge in [-0.25, -0.2) is 4.39 Å². The summed E-state index contributed by atoms with van der Waals surface area (Å²) in [6.45, 7) is 1.95. The summed E-state index contributed by atoms with van der Waals surface area (Å²) in [5.74, 6) is 0.280. The van der Waals surface area contributed by atoms with Crippen molar-refractivity contribution >= 4 is 22.6 Å². The molecule has 3 aliphatic heterocycles. The first-order valence-electron chi connectivity index (χ1n) is 17.3. The van der Waals surface area contributed by atoms with Crippen molar-refractivity contribution in [3.8, 4) is 0 Å². The molecule has 0 radical (unpaired) electrons. The molecule has 7 aliphatic rings. The highest BCUT2D eigenvalue weighted by atomic mass is 19.1. The van der Waals surface area contributed by atoms with Crippen LogP contribution in [-0.4, -0.2) is 83.2 Å². The topological polar surface area (TPSA) is 74.9 Å². The molecule has 0 spiro atoms. The molecule has 9 rings (SSSR count). The minimum Gasteiger partial charge on any atom is -0.378 e. The van der Waals surface area contributed by atoms with Gasteiger partial charge in [-0.15, -0.1) is 0 Å². The van der Waals surface area contributed by atoms with Gasteiger partial charge in [0, 0.05) is 47.7 Å². The molecule has 8 heteroatoms. The van der Waals surface area contributed by atoms with Crippen LogP contribution in [0.3, 0.4) is 0 Å². The molecular weight excluding hydrogens is 557 g/mol. The number of nitrogens with zero attached hydrogens (tertiary/aromatic N) is 2. The van der Waals surface area contributed by atoms with E-state index in [-0.39, 0.29) is 59.8 Å². The highest BCUT2D eigenvalue weighted by Crippen LogP contribution is 2.53. The van der Waals surface area contributed by atoms with Gasteiger partial charge in [0.15, 0.2) is 5.78 Å². The third-order valence-electron chi connectivity index (χ3n) is 12.7. The SMILES string of the molecule is O=C1C(C(=O)N2CCOCC2)=CN2C3CC4CCCCC4CC3OC3C(C4CCc5c([nH]c6ccccc56)C4)C(F)CC1C32. The number of alkyl halides is 1. The fourth-order valence-electron chi connectivity index (χ4n) is 10.7. The van der Waals surface area contributed by atoms with E-state index in [0.717, 1.165) is 37.6 Å². The van der Waals surface area contributed by atoms with Gasteiger partial charge in [-0.3, -0.25) is 9.59 Å². The fourth-order valence-corrected chi connectivity index (χ4v) is 10.7. The number of aromatic amines is 1. The summed E-state index contributed by atoms with van der Waals surface area (Å²) >= 11 is 0. The fraction of sp³-hybridized carbons (Fsp3) is 0.667. The molecule has 234 valence electrons. The normalized spacial score (nSPS) is 40.0. The van der Waals surface area contributed by atoms with Crippen molar-refractivity contribution in [1.82, 2.24) is 14.8 Å². The van der Waals surface area contributed by atoms with E-state index in [1.165, 1.54) is 42.3 Å². The van der Waals surface area contributed by atoms with Crippen LogP contribution in [0.4, 0.5) is 4.39 Å². The number of aryl methyl sites for hydroxylation is 1. The molecule has 4 heterocycles. The van der Waals surface area contributed by atoms with Crippen LogP contribution in [0.15, 0.2) is 36.0 Å². The average molecular weight is 602 g/mol. The number of hydrogen-bond acceptors (Lipinski definition) is 5. The second kappa shape index (κ2) is 10.7. The first-order chi connectivity index (χ1) is 21.5. The quantitative estimate of drug-likeness (QED) is 0.492. The third-order valence-corrected chi connectivity index (χ3v) is 12.7. The van der Waals surface area contributed by atoms with E-state index in [1.54, 1.807) is 4.90 Å². The van der Waals surface area contributed by atoms with Crippen LogP contribution in [-0.2, 0) is 31.9 Å². The Hall–Kier alpha value is -2.71. The average Bonchev–Trinajstić information content (AvgIpc) is 3.43. The summed E-state index contributed by atoms with van der Waals surface area (Å²) in [4.78, 5) is 35.7. The Bertz CT molecular complexity index is 1500. The summed E-state index contributed by atoms with van der Waals surface area (Å²) in [6.07, 6.45) is 10.4. The lowest BCUT2D eigenvalue weighted by molar-refractivity contribution is -0.225. The van der Waals surface area contributed by atoms with Gasteiger partial charge in [0.05, 0.1) is 43.1 Å². The van der Waals surface area contributed by atoms with E-state index >= 15 is 4.39 Å². The molecule has 3 saturated carbocycles. The molecule has 1 aromatic heterocycles. The van der Waals surface area contributed by atoms with Crippen molar-refractivity contribution in [3.63, 3.8) is 0 Å². The van der Waals surface area contributed by atoms with Gasteiger partial charge in [-0.2, -0.15) is 0 Å². The number of fused-ring (bicyclic) bond motifs is 6. The van der Waals surface area contributed by atoms with Gasteiger partial charge in [0.25, 0.3) is 5.91 Å². The zero-order valence-corrected chi connectivity index (χ0v) is 25.5. The maximum atomic E-state index is 16.7. The van der Waals surface area contributed by atoms with Gasteiger partial charge in [-0.1, -0.05) is 43.9 Å². The first kappa shape index (κ1) is 27.6. The van der Waals surface area contributed by atoms with Crippen LogP contribution in [0.2, 0.25) is 0 Å². The summed E-state index contributed by atoms with van der Waals surface area (Å²) in [5.41, 5.74) is 4.03. The molecule has 4 aliphatic carbocycles. The van der Waals surface area contributed by atoms with E-state index in [2.05, 4.69) is 34.1 Å². The number of H-pyrrole nitrogens is 1. The lowest BCUT2D eigenvalue weighted by atomic mass is 9.61. The smallest absolute Gasteiger partial charge is 0.259 e. The number of carbonyl (C=O) groups is 2. The summed E-state index contributed by atoms with van der Waals surface area (Å²) in [6, 6.07) is 8.41. The van der Waals surface area contributed by atoms with Gasteiger partial charge in [0.1, 0.15) is 6.17 Å². The number of para-hydroxylation sites is 1.